The number of nitrogens with two attached hydrogens (primary N) is 2. The van der Waals surface area contributed by atoms with E-state index in [9.17, 15) is 9.59 Å². The number of halogens is 1. The van der Waals surface area contributed by atoms with Gasteiger partial charge in [-0.2, -0.15) is 0 Å². The summed E-state index contributed by atoms with van der Waals surface area (Å²) in [6, 6.07) is -0.0745. The predicted molar refractivity (Wildman–Crippen MR) is 126 cm³/mol. The lowest BCUT2D eigenvalue weighted by Gasteiger charge is -2.40. The van der Waals surface area contributed by atoms with Crippen molar-refractivity contribution >= 4 is 17.6 Å². The van der Waals surface area contributed by atoms with Crippen molar-refractivity contribution < 1.29 is 14.0 Å². The molecule has 0 aromatic carbocycles. The largest absolute Gasteiger partial charge is 0.387 e. The van der Waals surface area contributed by atoms with Crippen LogP contribution in [0.1, 0.15) is 77.0 Å². The molecule has 3 aliphatic carbocycles. The van der Waals surface area contributed by atoms with Crippen LogP contribution in [-0.4, -0.2) is 53.9 Å². The topological polar surface area (TPSA) is 125 Å². The lowest BCUT2D eigenvalue weighted by Crippen LogP contribution is -2.51. The normalized spacial score (nSPS) is 37.9. The molecule has 4 aliphatic rings. The van der Waals surface area contributed by atoms with Gasteiger partial charge in [0.25, 0.3) is 0 Å². The number of rotatable bonds is 7. The Bertz CT molecular complexity index is 728. The quantitative estimate of drug-likeness (QED) is 0.342. The standard InChI is InChI=1S/C25H42FN5O2/c26-20-10-18(24(29)32)8-9-19(20)14-31-21-12-17(23(27)28)7-6-16(21)11-22(31)25(33)30-13-15-4-2-1-3-5-15/h15-22H,1-14H2,(H3,27,28)(H2,29,32)(H,30,33). The number of likely N-dealkylation sites (tertiary alicyclic amines) is 1. The van der Waals surface area contributed by atoms with Gasteiger partial charge in [-0.25, -0.2) is 4.39 Å². The minimum Gasteiger partial charge on any atom is -0.387 e. The minimum absolute atomic E-state index is 0.0459. The molecule has 0 aromatic heterocycles. The summed E-state index contributed by atoms with van der Waals surface area (Å²) in [6.07, 6.45) is 9.97. The Balaban J connectivity index is 1.44. The van der Waals surface area contributed by atoms with Crippen molar-refractivity contribution in [1.82, 2.24) is 10.2 Å². The van der Waals surface area contributed by atoms with Gasteiger partial charge in [-0.15, -0.1) is 0 Å². The number of carbonyl (C=O) groups is 2. The van der Waals surface area contributed by atoms with Crippen LogP contribution in [0.2, 0.25) is 0 Å². The molecular weight excluding hydrogens is 421 g/mol. The van der Waals surface area contributed by atoms with E-state index in [1.165, 1.54) is 32.1 Å². The van der Waals surface area contributed by atoms with E-state index >= 15 is 4.39 Å². The molecule has 3 saturated carbocycles. The van der Waals surface area contributed by atoms with Crippen molar-refractivity contribution in [2.24, 2.45) is 41.1 Å². The third-order valence-corrected chi connectivity index (χ3v) is 9.10. The van der Waals surface area contributed by atoms with Crippen LogP contribution in [0.5, 0.6) is 0 Å². The van der Waals surface area contributed by atoms with E-state index in [2.05, 4.69) is 10.2 Å². The number of hydrogen-bond acceptors (Lipinski definition) is 4. The zero-order chi connectivity index (χ0) is 23.5. The monoisotopic (exact) mass is 463 g/mol. The van der Waals surface area contributed by atoms with Gasteiger partial charge in [0.2, 0.25) is 11.8 Å². The van der Waals surface area contributed by atoms with Gasteiger partial charge >= 0.3 is 0 Å². The van der Waals surface area contributed by atoms with Gasteiger partial charge in [-0.05, 0) is 69.6 Å². The second-order valence-electron chi connectivity index (χ2n) is 11.2. The van der Waals surface area contributed by atoms with E-state index in [4.69, 9.17) is 16.9 Å². The third kappa shape index (κ3) is 5.69. The first-order valence-corrected chi connectivity index (χ1v) is 13.1. The maximum Gasteiger partial charge on any atom is 0.237 e. The number of nitrogens with one attached hydrogen (secondary N) is 2. The first-order valence-electron chi connectivity index (χ1n) is 13.1. The summed E-state index contributed by atoms with van der Waals surface area (Å²) >= 11 is 0. The van der Waals surface area contributed by atoms with Gasteiger partial charge < -0.3 is 16.8 Å². The Kier molecular flexibility index (Phi) is 7.92. The van der Waals surface area contributed by atoms with Crippen LogP contribution in [0, 0.1) is 35.0 Å². The van der Waals surface area contributed by atoms with E-state index in [1.54, 1.807) is 0 Å². The molecule has 7 atom stereocenters. The molecule has 4 rings (SSSR count). The van der Waals surface area contributed by atoms with Crippen molar-refractivity contribution in [3.05, 3.63) is 0 Å². The summed E-state index contributed by atoms with van der Waals surface area (Å²) in [7, 11) is 0. The average Bonchev–Trinajstić information content (AvgIpc) is 3.17. The predicted octanol–water partition coefficient (Wildman–Crippen LogP) is 2.72. The Morgan fingerprint density at radius 1 is 0.939 bits per heavy atom. The van der Waals surface area contributed by atoms with Crippen LogP contribution in [0.15, 0.2) is 0 Å². The van der Waals surface area contributed by atoms with Gasteiger partial charge in [0.1, 0.15) is 6.17 Å². The molecule has 1 heterocycles. The first-order chi connectivity index (χ1) is 15.8. The van der Waals surface area contributed by atoms with Crippen LogP contribution >= 0.6 is 0 Å². The maximum atomic E-state index is 15.1. The molecule has 4 fully saturated rings. The fourth-order valence-electron chi connectivity index (χ4n) is 7.01. The number of fused-ring (bicyclic) bond motifs is 1. The van der Waals surface area contributed by atoms with E-state index < -0.39 is 12.1 Å². The molecule has 0 spiro atoms. The van der Waals surface area contributed by atoms with Crippen LogP contribution in [0.3, 0.4) is 0 Å². The molecule has 7 nitrogen and oxygen atoms in total. The Labute approximate surface area is 197 Å². The number of amidine groups is 1. The molecule has 33 heavy (non-hydrogen) atoms. The van der Waals surface area contributed by atoms with Crippen molar-refractivity contribution in [2.45, 2.75) is 95.3 Å². The minimum atomic E-state index is -1.08. The van der Waals surface area contributed by atoms with Crippen molar-refractivity contribution in [2.75, 3.05) is 13.1 Å². The second kappa shape index (κ2) is 10.7. The van der Waals surface area contributed by atoms with Gasteiger partial charge in [0.05, 0.1) is 11.9 Å². The lowest BCUT2D eigenvalue weighted by atomic mass is 9.77. The molecule has 1 saturated heterocycles. The SMILES string of the molecule is N=C(N)C1CCC2CC(C(=O)NCC3CCCCC3)N(CC3CCC(C(N)=O)CC3F)C2C1. The molecule has 2 amide bonds. The lowest BCUT2D eigenvalue weighted by molar-refractivity contribution is -0.126. The highest BCUT2D eigenvalue weighted by molar-refractivity contribution is 5.82. The summed E-state index contributed by atoms with van der Waals surface area (Å²) in [5, 5.41) is 11.2. The number of nitrogens with zero attached hydrogens (tertiary/aromatic N) is 1. The average molecular weight is 464 g/mol. The Morgan fingerprint density at radius 3 is 2.33 bits per heavy atom. The molecular formula is C25H42FN5O2. The molecule has 8 heteroatoms. The van der Waals surface area contributed by atoms with Crippen molar-refractivity contribution in [1.29, 1.82) is 5.41 Å². The smallest absolute Gasteiger partial charge is 0.237 e. The van der Waals surface area contributed by atoms with Gasteiger partial charge in [-0.1, -0.05) is 19.3 Å². The van der Waals surface area contributed by atoms with Crippen LogP contribution < -0.4 is 16.8 Å². The Hall–Kier alpha value is -1.70. The molecule has 6 N–H and O–H groups in total. The first kappa shape index (κ1) is 24.4. The second-order valence-corrected chi connectivity index (χ2v) is 11.2. The highest BCUT2D eigenvalue weighted by Crippen LogP contribution is 2.43. The molecule has 186 valence electrons. The number of alkyl halides is 1. The van der Waals surface area contributed by atoms with E-state index in [0.717, 1.165) is 32.2 Å². The number of amides is 2. The molecule has 7 unspecified atom stereocenters. The van der Waals surface area contributed by atoms with Gasteiger partial charge in [0.15, 0.2) is 0 Å². The van der Waals surface area contributed by atoms with E-state index in [0.29, 0.717) is 31.2 Å². The van der Waals surface area contributed by atoms with Crippen LogP contribution in [0.4, 0.5) is 4.39 Å². The number of carbonyl (C=O) groups excluding carboxylic acids is 2. The van der Waals surface area contributed by atoms with E-state index in [-0.39, 0.29) is 48.0 Å². The highest BCUT2D eigenvalue weighted by Gasteiger charge is 2.48. The van der Waals surface area contributed by atoms with Crippen LogP contribution in [-0.2, 0) is 9.59 Å². The molecule has 0 aromatic rings. The van der Waals surface area contributed by atoms with Crippen LogP contribution in [0.25, 0.3) is 0 Å². The zero-order valence-corrected chi connectivity index (χ0v) is 19.8. The third-order valence-electron chi connectivity index (χ3n) is 9.10. The zero-order valence-electron chi connectivity index (χ0n) is 19.8. The Morgan fingerprint density at radius 2 is 1.67 bits per heavy atom. The van der Waals surface area contributed by atoms with Gasteiger partial charge in [0, 0.05) is 36.9 Å². The summed E-state index contributed by atoms with van der Waals surface area (Å²) in [5.41, 5.74) is 11.3. The maximum absolute atomic E-state index is 15.1. The van der Waals surface area contributed by atoms with E-state index in [1.807, 2.05) is 0 Å². The summed E-state index contributed by atoms with van der Waals surface area (Å²) < 4.78 is 15.1. The molecule has 1 aliphatic heterocycles. The number of primary amides is 1. The van der Waals surface area contributed by atoms with Crippen molar-refractivity contribution in [3.63, 3.8) is 0 Å². The van der Waals surface area contributed by atoms with Crippen molar-refractivity contribution in [3.8, 4) is 0 Å². The summed E-state index contributed by atoms with van der Waals surface area (Å²) in [5.74, 6) is 0.338. The van der Waals surface area contributed by atoms with Gasteiger partial charge in [-0.3, -0.25) is 19.9 Å². The number of hydrogen-bond donors (Lipinski definition) is 4. The highest BCUT2D eigenvalue weighted by atomic mass is 19.1. The fourth-order valence-corrected chi connectivity index (χ4v) is 7.01. The molecule has 0 radical (unpaired) electrons. The summed E-state index contributed by atoms with van der Waals surface area (Å²) in [4.78, 5) is 27.1. The fraction of sp³-hybridized carbons (Fsp3) is 0.880. The molecule has 0 bridgehead atoms. The summed E-state index contributed by atoms with van der Waals surface area (Å²) in [6.45, 7) is 1.27.